The van der Waals surface area contributed by atoms with E-state index in [0.717, 1.165) is 6.07 Å². The summed E-state index contributed by atoms with van der Waals surface area (Å²) in [6.07, 6.45) is 1.37. The minimum atomic E-state index is -0.597. The van der Waals surface area contributed by atoms with Gasteiger partial charge in [0.15, 0.2) is 0 Å². The molecule has 3 aromatic rings. The minimum absolute atomic E-state index is 0.0448. The number of halogens is 1. The molecule has 7 nitrogen and oxygen atoms in total. The van der Waals surface area contributed by atoms with Gasteiger partial charge in [-0.25, -0.2) is 4.79 Å². The van der Waals surface area contributed by atoms with Crippen molar-refractivity contribution in [3.63, 3.8) is 0 Å². The van der Waals surface area contributed by atoms with Crippen LogP contribution in [0, 0.1) is 10.1 Å². The molecule has 1 aromatic heterocycles. The van der Waals surface area contributed by atoms with E-state index in [2.05, 4.69) is 0 Å². The number of nitro benzene ring substituents is 1. The lowest BCUT2D eigenvalue weighted by Gasteiger charge is -2.06. The number of fused-ring (bicyclic) bond motifs is 1. The normalized spacial score (nSPS) is 10.6. The van der Waals surface area contributed by atoms with E-state index in [-0.39, 0.29) is 21.8 Å². The lowest BCUT2D eigenvalue weighted by Crippen LogP contribution is -2.12. The van der Waals surface area contributed by atoms with Gasteiger partial charge in [-0.1, -0.05) is 29.8 Å². The standard InChI is InChI=1S/C17H11ClN2O5/c1-25-17(22)13-9-19(15-5-3-2-4-11(13)15)16(21)12-7-6-10(20(23)24)8-14(12)18/h2-9H,1H3. The highest BCUT2D eigenvalue weighted by Gasteiger charge is 2.22. The van der Waals surface area contributed by atoms with Gasteiger partial charge in [0.1, 0.15) is 0 Å². The Labute approximate surface area is 146 Å². The number of carbonyl (C=O) groups excluding carboxylic acids is 2. The second-order valence-electron chi connectivity index (χ2n) is 5.15. The first-order valence-electron chi connectivity index (χ1n) is 7.11. The maximum atomic E-state index is 12.8. The lowest BCUT2D eigenvalue weighted by molar-refractivity contribution is -0.384. The van der Waals surface area contributed by atoms with Crippen molar-refractivity contribution in [3.8, 4) is 0 Å². The van der Waals surface area contributed by atoms with Gasteiger partial charge in [-0.3, -0.25) is 19.5 Å². The van der Waals surface area contributed by atoms with E-state index >= 15 is 0 Å². The number of non-ortho nitro benzene ring substituents is 1. The van der Waals surface area contributed by atoms with Crippen molar-refractivity contribution < 1.29 is 19.2 Å². The molecule has 2 aromatic carbocycles. The number of aromatic nitrogens is 1. The van der Waals surface area contributed by atoms with Crippen LogP contribution >= 0.6 is 11.6 Å². The molecule has 0 N–H and O–H groups in total. The van der Waals surface area contributed by atoms with Crippen molar-refractivity contribution in [2.75, 3.05) is 7.11 Å². The molecule has 0 aliphatic carbocycles. The Kier molecular flexibility index (Phi) is 4.24. The second-order valence-corrected chi connectivity index (χ2v) is 5.56. The van der Waals surface area contributed by atoms with Crippen molar-refractivity contribution >= 4 is 40.1 Å². The number of benzene rings is 2. The van der Waals surface area contributed by atoms with Gasteiger partial charge >= 0.3 is 5.97 Å². The molecule has 0 aliphatic rings. The molecule has 3 rings (SSSR count). The van der Waals surface area contributed by atoms with Crippen LogP contribution in [-0.2, 0) is 4.74 Å². The predicted molar refractivity (Wildman–Crippen MR) is 91.1 cm³/mol. The Balaban J connectivity index is 2.15. The fraction of sp³-hybridized carbons (Fsp3) is 0.0588. The van der Waals surface area contributed by atoms with Gasteiger partial charge in [0, 0.05) is 23.7 Å². The smallest absolute Gasteiger partial charge is 0.340 e. The summed E-state index contributed by atoms with van der Waals surface area (Å²) < 4.78 is 6.02. The topological polar surface area (TPSA) is 91.4 Å². The van der Waals surface area contributed by atoms with Crippen LogP contribution in [-0.4, -0.2) is 28.5 Å². The minimum Gasteiger partial charge on any atom is -0.465 e. The molecular formula is C17H11ClN2O5. The zero-order valence-corrected chi connectivity index (χ0v) is 13.7. The van der Waals surface area contributed by atoms with Gasteiger partial charge in [-0.05, 0) is 12.1 Å². The molecule has 0 spiro atoms. The molecule has 1 heterocycles. The molecule has 0 saturated heterocycles. The van der Waals surface area contributed by atoms with Gasteiger partial charge in [0.25, 0.3) is 11.6 Å². The highest BCUT2D eigenvalue weighted by atomic mass is 35.5. The number of nitro groups is 1. The van der Waals surface area contributed by atoms with E-state index in [0.29, 0.717) is 10.9 Å². The monoisotopic (exact) mass is 358 g/mol. The fourth-order valence-corrected chi connectivity index (χ4v) is 2.80. The van der Waals surface area contributed by atoms with Crippen molar-refractivity contribution in [1.29, 1.82) is 0 Å². The van der Waals surface area contributed by atoms with E-state index in [1.54, 1.807) is 24.3 Å². The summed E-state index contributed by atoms with van der Waals surface area (Å²) in [5.74, 6) is -1.08. The van der Waals surface area contributed by atoms with Crippen molar-refractivity contribution in [3.05, 3.63) is 74.9 Å². The molecule has 25 heavy (non-hydrogen) atoms. The van der Waals surface area contributed by atoms with Crippen LogP contribution < -0.4 is 0 Å². The Hall–Kier alpha value is -3.19. The fourth-order valence-electron chi connectivity index (χ4n) is 2.54. The van der Waals surface area contributed by atoms with Crippen molar-refractivity contribution in [2.45, 2.75) is 0 Å². The van der Waals surface area contributed by atoms with E-state index in [1.807, 2.05) is 0 Å². The second kappa shape index (κ2) is 6.37. The first kappa shape index (κ1) is 16.7. The Morgan fingerprint density at radius 1 is 1.16 bits per heavy atom. The number of hydrogen-bond donors (Lipinski definition) is 0. The van der Waals surface area contributed by atoms with Crippen LogP contribution in [0.25, 0.3) is 10.9 Å². The average Bonchev–Trinajstić information content (AvgIpc) is 3.00. The summed E-state index contributed by atoms with van der Waals surface area (Å²) in [6, 6.07) is 10.4. The average molecular weight is 359 g/mol. The Morgan fingerprint density at radius 2 is 1.88 bits per heavy atom. The zero-order valence-electron chi connectivity index (χ0n) is 12.9. The maximum Gasteiger partial charge on any atom is 0.340 e. The molecule has 8 heteroatoms. The van der Waals surface area contributed by atoms with Crippen LogP contribution in [0.4, 0.5) is 5.69 Å². The van der Waals surface area contributed by atoms with E-state index in [9.17, 15) is 19.7 Å². The van der Waals surface area contributed by atoms with Crippen LogP contribution in [0.1, 0.15) is 20.7 Å². The van der Waals surface area contributed by atoms with E-state index in [4.69, 9.17) is 16.3 Å². The van der Waals surface area contributed by atoms with Crippen LogP contribution in [0.2, 0.25) is 5.02 Å². The largest absolute Gasteiger partial charge is 0.465 e. The molecule has 0 saturated carbocycles. The molecule has 0 atom stereocenters. The Morgan fingerprint density at radius 3 is 2.52 bits per heavy atom. The van der Waals surface area contributed by atoms with Gasteiger partial charge in [-0.2, -0.15) is 0 Å². The first-order chi connectivity index (χ1) is 11.9. The molecule has 126 valence electrons. The summed E-state index contributed by atoms with van der Waals surface area (Å²) in [6.45, 7) is 0. The molecular weight excluding hydrogens is 348 g/mol. The highest BCUT2D eigenvalue weighted by Crippen LogP contribution is 2.27. The lowest BCUT2D eigenvalue weighted by atomic mass is 10.1. The third kappa shape index (κ3) is 2.85. The number of carbonyl (C=O) groups is 2. The van der Waals surface area contributed by atoms with Crippen LogP contribution in [0.5, 0.6) is 0 Å². The molecule has 0 aliphatic heterocycles. The molecule has 0 amide bonds. The van der Waals surface area contributed by atoms with E-state index in [1.165, 1.54) is 30.0 Å². The van der Waals surface area contributed by atoms with Crippen LogP contribution in [0.15, 0.2) is 48.7 Å². The zero-order chi connectivity index (χ0) is 18.1. The summed E-state index contributed by atoms with van der Waals surface area (Å²) in [5.41, 5.74) is 0.616. The predicted octanol–water partition coefficient (Wildman–Crippen LogP) is 3.68. The number of esters is 1. The highest BCUT2D eigenvalue weighted by molar-refractivity contribution is 6.34. The number of para-hydroxylation sites is 1. The van der Waals surface area contributed by atoms with Gasteiger partial charge in [-0.15, -0.1) is 0 Å². The number of hydrogen-bond acceptors (Lipinski definition) is 5. The number of ether oxygens (including phenoxy) is 1. The summed E-state index contributed by atoms with van der Waals surface area (Å²) in [4.78, 5) is 35.0. The van der Waals surface area contributed by atoms with E-state index < -0.39 is 16.8 Å². The third-order valence-electron chi connectivity index (χ3n) is 3.73. The Bertz CT molecular complexity index is 1030. The van der Waals surface area contributed by atoms with Gasteiger partial charge in [0.05, 0.1) is 33.7 Å². The molecule has 0 radical (unpaired) electrons. The van der Waals surface area contributed by atoms with Gasteiger partial charge in [0.2, 0.25) is 0 Å². The SMILES string of the molecule is COC(=O)c1cn(C(=O)c2ccc([N+](=O)[O-])cc2Cl)c2ccccc12. The number of methoxy groups -OCH3 is 1. The maximum absolute atomic E-state index is 12.8. The van der Waals surface area contributed by atoms with Crippen molar-refractivity contribution in [1.82, 2.24) is 4.57 Å². The quantitative estimate of drug-likeness (QED) is 0.404. The van der Waals surface area contributed by atoms with Gasteiger partial charge < -0.3 is 4.74 Å². The first-order valence-corrected chi connectivity index (χ1v) is 7.49. The number of rotatable bonds is 3. The number of nitrogens with zero attached hydrogens (tertiary/aromatic N) is 2. The summed E-state index contributed by atoms with van der Waals surface area (Å²) in [7, 11) is 1.25. The summed E-state index contributed by atoms with van der Waals surface area (Å²) >= 11 is 6.04. The third-order valence-corrected chi connectivity index (χ3v) is 4.04. The van der Waals surface area contributed by atoms with Crippen LogP contribution in [0.3, 0.4) is 0 Å². The molecule has 0 bridgehead atoms. The summed E-state index contributed by atoms with van der Waals surface area (Å²) in [5, 5.41) is 11.3. The molecule has 0 fully saturated rings. The van der Waals surface area contributed by atoms with Crippen molar-refractivity contribution in [2.24, 2.45) is 0 Å². The molecule has 0 unspecified atom stereocenters.